The largest absolute Gasteiger partial charge is 0.343 e. The van der Waals surface area contributed by atoms with Gasteiger partial charge in [0.1, 0.15) is 0 Å². The summed E-state index contributed by atoms with van der Waals surface area (Å²) in [5.41, 5.74) is 5.72. The van der Waals surface area contributed by atoms with E-state index in [0.29, 0.717) is 22.2 Å². The number of nitrogens with zero attached hydrogens (tertiary/aromatic N) is 2. The summed E-state index contributed by atoms with van der Waals surface area (Å²) in [5.74, 6) is -0.745. The number of aromatic nitrogens is 1. The average molecular weight is 479 g/mol. The number of nitrogens with one attached hydrogen (secondary N) is 2. The van der Waals surface area contributed by atoms with E-state index in [1.807, 2.05) is 48.7 Å². The number of amides is 2. The highest BCUT2D eigenvalue weighted by Gasteiger charge is 2.10. The summed E-state index contributed by atoms with van der Waals surface area (Å²) < 4.78 is 2.06. The molecule has 0 aliphatic heterocycles. The van der Waals surface area contributed by atoms with Crippen LogP contribution in [0.3, 0.4) is 0 Å². The van der Waals surface area contributed by atoms with Crippen LogP contribution in [0.25, 0.3) is 10.9 Å². The normalized spacial score (nSPS) is 11.1. The average Bonchev–Trinajstić information content (AvgIpc) is 3.17. The van der Waals surface area contributed by atoms with Gasteiger partial charge in [-0.15, -0.1) is 0 Å². The first-order valence-electron chi connectivity index (χ1n) is 10.2. The second-order valence-electron chi connectivity index (χ2n) is 7.31. The predicted molar refractivity (Wildman–Crippen MR) is 132 cm³/mol. The zero-order valence-corrected chi connectivity index (χ0v) is 19.0. The first-order valence-corrected chi connectivity index (χ1v) is 10.9. The summed E-state index contributed by atoms with van der Waals surface area (Å²) in [4.78, 5) is 24.1. The summed E-state index contributed by atoms with van der Waals surface area (Å²) in [6.07, 6.45) is 3.53. The van der Waals surface area contributed by atoms with E-state index in [1.165, 1.54) is 0 Å². The number of carbonyl (C=O) groups excluding carboxylic acids is 2. The van der Waals surface area contributed by atoms with Crippen molar-refractivity contribution in [3.05, 3.63) is 106 Å². The van der Waals surface area contributed by atoms with Gasteiger partial charge in [-0.2, -0.15) is 5.10 Å². The van der Waals surface area contributed by atoms with Crippen molar-refractivity contribution in [2.75, 3.05) is 6.54 Å². The lowest BCUT2D eigenvalue weighted by Crippen LogP contribution is -2.34. The van der Waals surface area contributed by atoms with Gasteiger partial charge in [0.2, 0.25) is 0 Å². The van der Waals surface area contributed by atoms with Crippen molar-refractivity contribution in [2.24, 2.45) is 5.10 Å². The summed E-state index contributed by atoms with van der Waals surface area (Å²) >= 11 is 12.4. The number of benzene rings is 3. The molecule has 0 bridgehead atoms. The fourth-order valence-electron chi connectivity index (χ4n) is 3.41. The topological polar surface area (TPSA) is 75.5 Å². The molecule has 0 saturated heterocycles. The third-order valence-electron chi connectivity index (χ3n) is 5.01. The van der Waals surface area contributed by atoms with Crippen LogP contribution in [0.4, 0.5) is 0 Å². The molecule has 0 unspecified atom stereocenters. The Morgan fingerprint density at radius 3 is 2.52 bits per heavy atom. The predicted octanol–water partition coefficient (Wildman–Crippen LogP) is 4.88. The van der Waals surface area contributed by atoms with Crippen LogP contribution in [0.15, 0.2) is 84.1 Å². The summed E-state index contributed by atoms with van der Waals surface area (Å²) in [5, 5.41) is 8.80. The van der Waals surface area contributed by atoms with Crippen molar-refractivity contribution >= 4 is 52.1 Å². The molecule has 1 aromatic heterocycles. The molecule has 4 aromatic rings. The minimum Gasteiger partial charge on any atom is -0.343 e. The lowest BCUT2D eigenvalue weighted by atomic mass is 10.2. The van der Waals surface area contributed by atoms with E-state index < -0.39 is 5.91 Å². The minimum atomic E-state index is -0.424. The SMILES string of the molecule is O=C(CNC(=O)c1ccccc1)N/N=C\c1cn(Cc2ccc(Cl)cc2Cl)c2ccccc12. The lowest BCUT2D eigenvalue weighted by molar-refractivity contribution is -0.120. The smallest absolute Gasteiger partial charge is 0.259 e. The first kappa shape index (κ1) is 22.6. The number of carbonyl (C=O) groups is 2. The lowest BCUT2D eigenvalue weighted by Gasteiger charge is -2.08. The van der Waals surface area contributed by atoms with E-state index in [-0.39, 0.29) is 12.5 Å². The molecule has 1 heterocycles. The van der Waals surface area contributed by atoms with Crippen molar-refractivity contribution in [3.8, 4) is 0 Å². The molecular formula is C25H20Cl2N4O2. The van der Waals surface area contributed by atoms with Gasteiger partial charge >= 0.3 is 0 Å². The molecule has 0 saturated carbocycles. The van der Waals surface area contributed by atoms with Gasteiger partial charge < -0.3 is 9.88 Å². The number of hydrogen-bond acceptors (Lipinski definition) is 3. The van der Waals surface area contributed by atoms with Gasteiger partial charge in [-0.1, -0.05) is 65.7 Å². The molecule has 2 amide bonds. The van der Waals surface area contributed by atoms with E-state index in [1.54, 1.807) is 36.5 Å². The number of fused-ring (bicyclic) bond motifs is 1. The highest BCUT2D eigenvalue weighted by molar-refractivity contribution is 6.35. The van der Waals surface area contributed by atoms with Crippen LogP contribution in [0.1, 0.15) is 21.5 Å². The quantitative estimate of drug-likeness (QED) is 0.293. The van der Waals surface area contributed by atoms with Crippen LogP contribution in [0, 0.1) is 0 Å². The van der Waals surface area contributed by atoms with E-state index in [0.717, 1.165) is 22.0 Å². The Balaban J connectivity index is 1.43. The summed E-state index contributed by atoms with van der Waals surface area (Å²) in [6.45, 7) is 0.379. The van der Waals surface area contributed by atoms with Crippen LogP contribution in [0.2, 0.25) is 10.0 Å². The van der Waals surface area contributed by atoms with Crippen molar-refractivity contribution in [1.29, 1.82) is 0 Å². The molecule has 0 aliphatic carbocycles. The number of hydrogen-bond donors (Lipinski definition) is 2. The summed E-state index contributed by atoms with van der Waals surface area (Å²) in [6, 6.07) is 22.0. The van der Waals surface area contributed by atoms with Gasteiger partial charge in [0.05, 0.1) is 12.8 Å². The van der Waals surface area contributed by atoms with Crippen LogP contribution in [0.5, 0.6) is 0 Å². The van der Waals surface area contributed by atoms with Crippen molar-refractivity contribution < 1.29 is 9.59 Å². The molecule has 4 rings (SSSR count). The van der Waals surface area contributed by atoms with Gasteiger partial charge in [-0.25, -0.2) is 5.43 Å². The maximum absolute atomic E-state index is 12.1. The number of para-hydroxylation sites is 1. The van der Waals surface area contributed by atoms with Crippen molar-refractivity contribution in [3.63, 3.8) is 0 Å². The maximum Gasteiger partial charge on any atom is 0.259 e. The zero-order chi connectivity index (χ0) is 23.2. The fourth-order valence-corrected chi connectivity index (χ4v) is 3.88. The molecule has 0 atom stereocenters. The van der Waals surface area contributed by atoms with Crippen LogP contribution < -0.4 is 10.7 Å². The Morgan fingerprint density at radius 2 is 1.73 bits per heavy atom. The van der Waals surface area contributed by atoms with E-state index >= 15 is 0 Å². The zero-order valence-electron chi connectivity index (χ0n) is 17.5. The molecule has 166 valence electrons. The van der Waals surface area contributed by atoms with E-state index in [9.17, 15) is 9.59 Å². The molecule has 6 nitrogen and oxygen atoms in total. The molecule has 0 fully saturated rings. The third kappa shape index (κ3) is 5.61. The maximum atomic E-state index is 12.1. The van der Waals surface area contributed by atoms with Crippen LogP contribution in [-0.2, 0) is 11.3 Å². The number of hydrazone groups is 1. The Morgan fingerprint density at radius 1 is 0.970 bits per heavy atom. The molecule has 0 spiro atoms. The first-order chi connectivity index (χ1) is 16.0. The monoisotopic (exact) mass is 478 g/mol. The fraction of sp³-hybridized carbons (Fsp3) is 0.0800. The van der Waals surface area contributed by atoms with Crippen molar-refractivity contribution in [2.45, 2.75) is 6.54 Å². The van der Waals surface area contributed by atoms with Crippen LogP contribution >= 0.6 is 23.2 Å². The summed E-state index contributed by atoms with van der Waals surface area (Å²) in [7, 11) is 0. The molecule has 2 N–H and O–H groups in total. The second kappa shape index (κ2) is 10.3. The Bertz CT molecular complexity index is 1330. The Hall–Kier alpha value is -3.61. The third-order valence-corrected chi connectivity index (χ3v) is 5.60. The Kier molecular flexibility index (Phi) is 7.07. The number of rotatable bonds is 7. The van der Waals surface area contributed by atoms with Gasteiger partial charge in [0, 0.05) is 44.8 Å². The van der Waals surface area contributed by atoms with Gasteiger partial charge in [0.25, 0.3) is 11.8 Å². The van der Waals surface area contributed by atoms with Gasteiger partial charge in [-0.3, -0.25) is 9.59 Å². The molecule has 3 aromatic carbocycles. The standard InChI is InChI=1S/C25H20Cl2N4O2/c26-20-11-10-18(22(27)12-20)15-31-16-19(21-8-4-5-9-23(21)31)13-29-30-24(32)14-28-25(33)17-6-2-1-3-7-17/h1-13,16H,14-15H2,(H,28,33)(H,30,32)/b29-13-. The Labute approximate surface area is 200 Å². The van der Waals surface area contributed by atoms with E-state index in [2.05, 4.69) is 20.4 Å². The number of halogens is 2. The highest BCUT2D eigenvalue weighted by Crippen LogP contribution is 2.25. The van der Waals surface area contributed by atoms with E-state index in [4.69, 9.17) is 23.2 Å². The van der Waals surface area contributed by atoms with Crippen molar-refractivity contribution in [1.82, 2.24) is 15.3 Å². The molecule has 0 radical (unpaired) electrons. The minimum absolute atomic E-state index is 0.179. The molecule has 0 aliphatic rings. The van der Waals surface area contributed by atoms with Gasteiger partial charge in [-0.05, 0) is 35.9 Å². The van der Waals surface area contributed by atoms with Crippen LogP contribution in [-0.4, -0.2) is 29.1 Å². The molecule has 33 heavy (non-hydrogen) atoms. The van der Waals surface area contributed by atoms with Gasteiger partial charge in [0.15, 0.2) is 0 Å². The molecular weight excluding hydrogens is 459 g/mol. The second-order valence-corrected chi connectivity index (χ2v) is 8.15. The molecule has 8 heteroatoms. The highest BCUT2D eigenvalue weighted by atomic mass is 35.5.